The van der Waals surface area contributed by atoms with E-state index in [4.69, 9.17) is 5.73 Å². The average molecular weight is 308 g/mol. The van der Waals surface area contributed by atoms with Gasteiger partial charge in [-0.15, -0.1) is 11.3 Å². The molecule has 0 aromatic carbocycles. The monoisotopic (exact) mass is 307 g/mol. The minimum atomic E-state index is 0.234. The minimum Gasteiger partial charge on any atom is -0.326 e. The van der Waals surface area contributed by atoms with Gasteiger partial charge in [0, 0.05) is 36.1 Å². The number of piperazine rings is 1. The smallest absolute Gasteiger partial charge is 0.0599 e. The van der Waals surface area contributed by atoms with Crippen LogP contribution in [0.4, 0.5) is 0 Å². The van der Waals surface area contributed by atoms with Gasteiger partial charge in [-0.1, -0.05) is 6.92 Å². The first kappa shape index (κ1) is 15.5. The van der Waals surface area contributed by atoms with Crippen LogP contribution < -0.4 is 5.73 Å². The molecule has 4 heteroatoms. The summed E-state index contributed by atoms with van der Waals surface area (Å²) in [5.41, 5.74) is 7.97. The van der Waals surface area contributed by atoms with Crippen molar-refractivity contribution in [3.8, 4) is 0 Å². The molecule has 3 nitrogen and oxygen atoms in total. The standard InChI is InChI=1S/C17H29N3S/c1-4-15(18)16(17-12(2)7-9-21-17)20-11-14-6-5-8-19(14)10-13(20)3/h7,9,13-16H,4-6,8,10-11,18H2,1-3H3. The van der Waals surface area contributed by atoms with Gasteiger partial charge in [0.2, 0.25) is 0 Å². The van der Waals surface area contributed by atoms with Crippen LogP contribution >= 0.6 is 11.3 Å². The number of rotatable bonds is 4. The van der Waals surface area contributed by atoms with Crippen LogP contribution in [-0.4, -0.2) is 47.6 Å². The van der Waals surface area contributed by atoms with Crippen molar-refractivity contribution in [3.63, 3.8) is 0 Å². The Bertz CT molecular complexity index is 472. The summed E-state index contributed by atoms with van der Waals surface area (Å²) < 4.78 is 0. The van der Waals surface area contributed by atoms with Gasteiger partial charge >= 0.3 is 0 Å². The quantitative estimate of drug-likeness (QED) is 0.928. The normalized spacial score (nSPS) is 30.3. The summed E-state index contributed by atoms with van der Waals surface area (Å²) >= 11 is 1.89. The lowest BCUT2D eigenvalue weighted by Crippen LogP contribution is -2.58. The lowest BCUT2D eigenvalue weighted by atomic mass is 9.96. The zero-order chi connectivity index (χ0) is 15.0. The number of hydrogen-bond acceptors (Lipinski definition) is 4. The molecule has 3 heterocycles. The molecule has 118 valence electrons. The first-order chi connectivity index (χ1) is 10.1. The van der Waals surface area contributed by atoms with Crippen LogP contribution in [0.25, 0.3) is 0 Å². The average Bonchev–Trinajstić information content (AvgIpc) is 3.08. The summed E-state index contributed by atoms with van der Waals surface area (Å²) in [5.74, 6) is 0. The summed E-state index contributed by atoms with van der Waals surface area (Å²) in [6.07, 6.45) is 3.77. The van der Waals surface area contributed by atoms with Crippen LogP contribution in [-0.2, 0) is 0 Å². The molecule has 2 N–H and O–H groups in total. The molecule has 3 rings (SSSR count). The molecule has 0 aliphatic carbocycles. The Hall–Kier alpha value is -0.420. The van der Waals surface area contributed by atoms with E-state index in [0.29, 0.717) is 12.1 Å². The maximum atomic E-state index is 6.56. The van der Waals surface area contributed by atoms with E-state index in [1.165, 1.54) is 42.9 Å². The van der Waals surface area contributed by atoms with Crippen molar-refractivity contribution in [2.24, 2.45) is 5.73 Å². The summed E-state index contributed by atoms with van der Waals surface area (Å²) in [6, 6.07) is 4.23. The summed E-state index contributed by atoms with van der Waals surface area (Å²) in [6.45, 7) is 10.5. The van der Waals surface area contributed by atoms with Crippen molar-refractivity contribution in [3.05, 3.63) is 21.9 Å². The fourth-order valence-electron chi connectivity index (χ4n) is 4.10. The summed E-state index contributed by atoms with van der Waals surface area (Å²) in [4.78, 5) is 6.89. The second-order valence-corrected chi connectivity index (χ2v) is 7.77. The van der Waals surface area contributed by atoms with Gasteiger partial charge < -0.3 is 5.73 Å². The Balaban J connectivity index is 1.87. The highest BCUT2D eigenvalue weighted by Crippen LogP contribution is 2.36. The van der Waals surface area contributed by atoms with E-state index >= 15 is 0 Å². The first-order valence-electron chi connectivity index (χ1n) is 8.41. The van der Waals surface area contributed by atoms with Crippen LogP contribution in [0.15, 0.2) is 11.4 Å². The van der Waals surface area contributed by atoms with Crippen molar-refractivity contribution < 1.29 is 0 Å². The van der Waals surface area contributed by atoms with Crippen LogP contribution in [0.2, 0.25) is 0 Å². The Morgan fingerprint density at radius 1 is 1.43 bits per heavy atom. The lowest BCUT2D eigenvalue weighted by molar-refractivity contribution is 0.0193. The SMILES string of the molecule is CCC(N)C(c1sccc1C)N1CC2CCCN2CC1C. The van der Waals surface area contributed by atoms with E-state index in [-0.39, 0.29) is 6.04 Å². The first-order valence-corrected chi connectivity index (χ1v) is 9.29. The van der Waals surface area contributed by atoms with Crippen LogP contribution in [0, 0.1) is 6.92 Å². The predicted molar refractivity (Wildman–Crippen MR) is 90.8 cm³/mol. The molecule has 0 spiro atoms. The van der Waals surface area contributed by atoms with E-state index in [0.717, 1.165) is 12.5 Å². The molecule has 0 saturated carbocycles. The molecule has 2 saturated heterocycles. The molecule has 0 bridgehead atoms. The largest absolute Gasteiger partial charge is 0.326 e. The predicted octanol–water partition coefficient (Wildman–Crippen LogP) is 3.00. The molecule has 2 aliphatic rings. The third kappa shape index (κ3) is 2.91. The van der Waals surface area contributed by atoms with Crippen LogP contribution in [0.5, 0.6) is 0 Å². The van der Waals surface area contributed by atoms with E-state index in [1.54, 1.807) is 0 Å². The molecule has 0 radical (unpaired) electrons. The zero-order valence-electron chi connectivity index (χ0n) is 13.6. The topological polar surface area (TPSA) is 32.5 Å². The second kappa shape index (κ2) is 6.37. The van der Waals surface area contributed by atoms with Crippen molar-refractivity contribution in [1.82, 2.24) is 9.80 Å². The molecule has 21 heavy (non-hydrogen) atoms. The maximum Gasteiger partial charge on any atom is 0.0599 e. The molecule has 2 fully saturated rings. The third-order valence-corrected chi connectivity index (χ3v) is 6.48. The van der Waals surface area contributed by atoms with E-state index in [2.05, 4.69) is 42.0 Å². The van der Waals surface area contributed by atoms with E-state index in [9.17, 15) is 0 Å². The van der Waals surface area contributed by atoms with Gasteiger partial charge in [-0.3, -0.25) is 9.80 Å². The van der Waals surface area contributed by atoms with Crippen molar-refractivity contribution in [1.29, 1.82) is 0 Å². The summed E-state index contributed by atoms with van der Waals surface area (Å²) in [7, 11) is 0. The molecule has 1 aromatic rings. The Kier molecular flexibility index (Phi) is 4.69. The van der Waals surface area contributed by atoms with Gasteiger partial charge in [0.05, 0.1) is 6.04 Å². The molecule has 1 aromatic heterocycles. The van der Waals surface area contributed by atoms with Gasteiger partial charge in [0.15, 0.2) is 0 Å². The van der Waals surface area contributed by atoms with Crippen molar-refractivity contribution in [2.45, 2.75) is 64.2 Å². The molecule has 2 aliphatic heterocycles. The number of fused-ring (bicyclic) bond motifs is 1. The van der Waals surface area contributed by atoms with E-state index in [1.807, 2.05) is 11.3 Å². The maximum absolute atomic E-state index is 6.56. The van der Waals surface area contributed by atoms with Gasteiger partial charge in [0.25, 0.3) is 0 Å². The number of nitrogens with zero attached hydrogens (tertiary/aromatic N) is 2. The minimum absolute atomic E-state index is 0.234. The number of hydrogen-bond donors (Lipinski definition) is 1. The Morgan fingerprint density at radius 3 is 2.90 bits per heavy atom. The summed E-state index contributed by atoms with van der Waals surface area (Å²) in [5, 5.41) is 2.22. The molecule has 4 unspecified atom stereocenters. The molecule has 4 atom stereocenters. The Morgan fingerprint density at radius 2 is 2.24 bits per heavy atom. The number of aryl methyl sites for hydroxylation is 1. The highest BCUT2D eigenvalue weighted by Gasteiger charge is 2.39. The Labute approximate surface area is 133 Å². The van der Waals surface area contributed by atoms with Crippen molar-refractivity contribution >= 4 is 11.3 Å². The highest BCUT2D eigenvalue weighted by atomic mass is 32.1. The zero-order valence-corrected chi connectivity index (χ0v) is 14.4. The van der Waals surface area contributed by atoms with Crippen LogP contribution in [0.3, 0.4) is 0 Å². The molecule has 0 amide bonds. The molecular weight excluding hydrogens is 278 g/mol. The second-order valence-electron chi connectivity index (χ2n) is 6.82. The molecular formula is C17H29N3S. The van der Waals surface area contributed by atoms with Crippen LogP contribution in [0.1, 0.15) is 49.6 Å². The van der Waals surface area contributed by atoms with Gasteiger partial charge in [-0.05, 0) is 56.7 Å². The van der Waals surface area contributed by atoms with E-state index < -0.39 is 0 Å². The lowest BCUT2D eigenvalue weighted by Gasteiger charge is -2.47. The van der Waals surface area contributed by atoms with Gasteiger partial charge in [0.1, 0.15) is 0 Å². The van der Waals surface area contributed by atoms with Crippen molar-refractivity contribution in [2.75, 3.05) is 19.6 Å². The third-order valence-electron chi connectivity index (χ3n) is 5.39. The fraction of sp³-hybridized carbons (Fsp3) is 0.765. The fourth-order valence-corrected chi connectivity index (χ4v) is 5.22. The number of nitrogens with two attached hydrogens (primary N) is 1. The highest BCUT2D eigenvalue weighted by molar-refractivity contribution is 7.10. The van der Waals surface area contributed by atoms with Gasteiger partial charge in [-0.2, -0.15) is 0 Å². The number of thiophene rings is 1. The van der Waals surface area contributed by atoms with Gasteiger partial charge in [-0.25, -0.2) is 0 Å².